The molecule has 0 aromatic heterocycles. The Morgan fingerprint density at radius 1 is 1.29 bits per heavy atom. The van der Waals surface area contributed by atoms with Crippen LogP contribution in [0.5, 0.6) is 0 Å². The fraction of sp³-hybridized carbons (Fsp3) is 0.632. The molecule has 2 rings (SSSR count). The van der Waals surface area contributed by atoms with Gasteiger partial charge < -0.3 is 20.5 Å². The summed E-state index contributed by atoms with van der Waals surface area (Å²) in [7, 11) is 0. The lowest BCUT2D eigenvalue weighted by molar-refractivity contribution is -0.0601. The highest BCUT2D eigenvalue weighted by molar-refractivity contribution is 5.74. The number of carbonyl (C=O) groups excluding carboxylic acids is 1. The maximum absolute atomic E-state index is 12.4. The second kappa shape index (κ2) is 7.53. The van der Waals surface area contributed by atoms with Gasteiger partial charge in [-0.25, -0.2) is 4.79 Å². The predicted molar refractivity (Wildman–Crippen MR) is 94.9 cm³/mol. The van der Waals surface area contributed by atoms with E-state index < -0.39 is 5.60 Å². The standard InChI is InChI=1S/C19H30N2O3/c1-14-7-5-6-8-15(14)16(18(2,3)4)21-17(22)20-13-19(23)9-11-24-12-10-19/h5-8,16,23H,9-13H2,1-4H3,(H2,20,21,22). The Kier molecular flexibility index (Phi) is 5.88. The molecule has 5 nitrogen and oxygen atoms in total. The van der Waals surface area contributed by atoms with Crippen LogP contribution >= 0.6 is 0 Å². The van der Waals surface area contributed by atoms with E-state index in [1.165, 1.54) is 0 Å². The highest BCUT2D eigenvalue weighted by Gasteiger charge is 2.32. The minimum Gasteiger partial charge on any atom is -0.388 e. The Morgan fingerprint density at radius 2 is 1.92 bits per heavy atom. The first-order valence-electron chi connectivity index (χ1n) is 8.61. The molecule has 1 aromatic carbocycles. The molecule has 0 bridgehead atoms. The molecular weight excluding hydrogens is 304 g/mol. The number of aryl methyl sites for hydroxylation is 1. The summed E-state index contributed by atoms with van der Waals surface area (Å²) in [4.78, 5) is 12.4. The van der Waals surface area contributed by atoms with E-state index in [-0.39, 0.29) is 24.0 Å². The van der Waals surface area contributed by atoms with Gasteiger partial charge in [0, 0.05) is 32.6 Å². The van der Waals surface area contributed by atoms with Gasteiger partial charge in [-0.1, -0.05) is 45.0 Å². The molecule has 1 heterocycles. The van der Waals surface area contributed by atoms with Crippen molar-refractivity contribution in [1.29, 1.82) is 0 Å². The van der Waals surface area contributed by atoms with Crippen molar-refractivity contribution in [2.45, 2.75) is 52.2 Å². The average Bonchev–Trinajstić information content (AvgIpc) is 2.51. The number of benzene rings is 1. The third-order valence-electron chi connectivity index (χ3n) is 4.64. The average molecular weight is 334 g/mol. The Labute approximate surface area is 144 Å². The fourth-order valence-electron chi connectivity index (χ4n) is 3.03. The monoisotopic (exact) mass is 334 g/mol. The van der Waals surface area contributed by atoms with Gasteiger partial charge in [-0.05, 0) is 23.5 Å². The molecule has 1 aliphatic rings. The van der Waals surface area contributed by atoms with E-state index in [4.69, 9.17) is 4.74 Å². The van der Waals surface area contributed by atoms with Crippen molar-refractivity contribution in [2.24, 2.45) is 5.41 Å². The first-order valence-corrected chi connectivity index (χ1v) is 8.61. The topological polar surface area (TPSA) is 70.6 Å². The lowest BCUT2D eigenvalue weighted by Crippen LogP contribution is -2.50. The summed E-state index contributed by atoms with van der Waals surface area (Å²) in [5.41, 5.74) is 1.28. The molecule has 0 aliphatic carbocycles. The molecule has 0 radical (unpaired) electrons. The molecular formula is C19H30N2O3. The van der Waals surface area contributed by atoms with Crippen LogP contribution in [-0.2, 0) is 4.74 Å². The lowest BCUT2D eigenvalue weighted by Gasteiger charge is -2.35. The second-order valence-corrected chi connectivity index (χ2v) is 7.82. The fourth-order valence-corrected chi connectivity index (χ4v) is 3.03. The summed E-state index contributed by atoms with van der Waals surface area (Å²) in [6, 6.07) is 7.74. The van der Waals surface area contributed by atoms with Crippen molar-refractivity contribution in [2.75, 3.05) is 19.8 Å². The van der Waals surface area contributed by atoms with Gasteiger partial charge in [0.1, 0.15) is 0 Å². The minimum absolute atomic E-state index is 0.108. The smallest absolute Gasteiger partial charge is 0.315 e. The number of ether oxygens (including phenoxy) is 1. The van der Waals surface area contributed by atoms with Crippen LogP contribution in [0.1, 0.15) is 50.8 Å². The molecule has 5 heteroatoms. The van der Waals surface area contributed by atoms with Crippen molar-refractivity contribution in [1.82, 2.24) is 10.6 Å². The quantitative estimate of drug-likeness (QED) is 0.793. The number of nitrogens with one attached hydrogen (secondary N) is 2. The zero-order chi connectivity index (χ0) is 17.8. The van der Waals surface area contributed by atoms with Crippen LogP contribution in [0.2, 0.25) is 0 Å². The van der Waals surface area contributed by atoms with Crippen molar-refractivity contribution >= 4 is 6.03 Å². The molecule has 0 saturated carbocycles. The summed E-state index contributed by atoms with van der Waals surface area (Å²) in [6.45, 7) is 9.69. The summed E-state index contributed by atoms with van der Waals surface area (Å²) in [5.74, 6) is 0. The third kappa shape index (κ3) is 4.95. The molecule has 1 aromatic rings. The van der Waals surface area contributed by atoms with E-state index in [1.807, 2.05) is 12.1 Å². The number of carbonyl (C=O) groups is 1. The van der Waals surface area contributed by atoms with Gasteiger partial charge in [-0.3, -0.25) is 0 Å². The molecule has 0 spiro atoms. The molecule has 2 amide bonds. The molecule has 1 unspecified atom stereocenters. The van der Waals surface area contributed by atoms with Crippen LogP contribution in [0.15, 0.2) is 24.3 Å². The van der Waals surface area contributed by atoms with Crippen LogP contribution in [0.4, 0.5) is 4.79 Å². The van der Waals surface area contributed by atoms with Crippen LogP contribution in [0, 0.1) is 12.3 Å². The van der Waals surface area contributed by atoms with Gasteiger partial charge in [0.2, 0.25) is 0 Å². The molecule has 3 N–H and O–H groups in total. The first-order chi connectivity index (χ1) is 11.2. The number of hydrogen-bond acceptors (Lipinski definition) is 3. The predicted octanol–water partition coefficient (Wildman–Crippen LogP) is 2.92. The van der Waals surface area contributed by atoms with Crippen molar-refractivity contribution in [3.8, 4) is 0 Å². The van der Waals surface area contributed by atoms with Gasteiger partial charge in [-0.15, -0.1) is 0 Å². The first kappa shape index (κ1) is 18.7. The zero-order valence-electron chi connectivity index (χ0n) is 15.2. The second-order valence-electron chi connectivity index (χ2n) is 7.82. The Hall–Kier alpha value is -1.59. The Balaban J connectivity index is 2.02. The van der Waals surface area contributed by atoms with E-state index in [2.05, 4.69) is 50.5 Å². The Morgan fingerprint density at radius 3 is 2.50 bits per heavy atom. The van der Waals surface area contributed by atoms with Crippen molar-refractivity contribution in [3.05, 3.63) is 35.4 Å². The molecule has 134 valence electrons. The van der Waals surface area contributed by atoms with Gasteiger partial charge in [0.15, 0.2) is 0 Å². The third-order valence-corrected chi connectivity index (χ3v) is 4.64. The Bertz CT molecular complexity index is 560. The number of amides is 2. The minimum atomic E-state index is -0.866. The van der Waals surface area contributed by atoms with Crippen LogP contribution in [0.25, 0.3) is 0 Å². The molecule has 1 aliphatic heterocycles. The molecule has 24 heavy (non-hydrogen) atoms. The molecule has 1 fully saturated rings. The zero-order valence-corrected chi connectivity index (χ0v) is 15.2. The normalized spacial score (nSPS) is 18.7. The number of urea groups is 1. The van der Waals surface area contributed by atoms with Crippen molar-refractivity contribution < 1.29 is 14.6 Å². The van der Waals surface area contributed by atoms with Crippen LogP contribution in [0.3, 0.4) is 0 Å². The SMILES string of the molecule is Cc1ccccc1C(NC(=O)NCC1(O)CCOCC1)C(C)(C)C. The summed E-state index contributed by atoms with van der Waals surface area (Å²) in [6.07, 6.45) is 1.10. The van der Waals surface area contributed by atoms with E-state index in [1.54, 1.807) is 0 Å². The summed E-state index contributed by atoms with van der Waals surface area (Å²) < 4.78 is 5.26. The maximum Gasteiger partial charge on any atom is 0.315 e. The highest BCUT2D eigenvalue weighted by atomic mass is 16.5. The van der Waals surface area contributed by atoms with Crippen molar-refractivity contribution in [3.63, 3.8) is 0 Å². The lowest BCUT2D eigenvalue weighted by atomic mass is 9.81. The number of aliphatic hydroxyl groups is 1. The summed E-state index contributed by atoms with van der Waals surface area (Å²) >= 11 is 0. The maximum atomic E-state index is 12.4. The number of rotatable bonds is 4. The number of hydrogen-bond donors (Lipinski definition) is 3. The van der Waals surface area contributed by atoms with Crippen LogP contribution < -0.4 is 10.6 Å². The van der Waals surface area contributed by atoms with Gasteiger partial charge in [0.05, 0.1) is 11.6 Å². The van der Waals surface area contributed by atoms with E-state index >= 15 is 0 Å². The van der Waals surface area contributed by atoms with Gasteiger partial charge >= 0.3 is 6.03 Å². The van der Waals surface area contributed by atoms with E-state index in [0.717, 1.165) is 11.1 Å². The summed E-state index contributed by atoms with van der Waals surface area (Å²) in [5, 5.41) is 16.4. The van der Waals surface area contributed by atoms with Gasteiger partial charge in [0.25, 0.3) is 0 Å². The largest absolute Gasteiger partial charge is 0.388 e. The molecule has 1 atom stereocenters. The van der Waals surface area contributed by atoms with Crippen LogP contribution in [-0.4, -0.2) is 36.5 Å². The highest BCUT2D eigenvalue weighted by Crippen LogP contribution is 2.34. The van der Waals surface area contributed by atoms with E-state index in [9.17, 15) is 9.90 Å². The molecule has 1 saturated heterocycles. The van der Waals surface area contributed by atoms with Gasteiger partial charge in [-0.2, -0.15) is 0 Å². The van der Waals surface area contributed by atoms with E-state index in [0.29, 0.717) is 26.1 Å².